The summed E-state index contributed by atoms with van der Waals surface area (Å²) < 4.78 is 0. The van der Waals surface area contributed by atoms with E-state index in [9.17, 15) is 4.79 Å². The van der Waals surface area contributed by atoms with Crippen LogP contribution in [0, 0.1) is 11.8 Å². The van der Waals surface area contributed by atoms with E-state index in [2.05, 4.69) is 24.4 Å². The first kappa shape index (κ1) is 9.71. The average Bonchev–Trinajstić information content (AvgIpc) is 2.65. The Balaban J connectivity index is 1.96. The van der Waals surface area contributed by atoms with Gasteiger partial charge in [0.15, 0.2) is 0 Å². The molecule has 0 aromatic carbocycles. The molecule has 0 aromatic heterocycles. The molecule has 0 aliphatic carbocycles. The number of hydrogen-bond acceptors (Lipinski definition) is 2. The lowest BCUT2D eigenvalue weighted by molar-refractivity contribution is -0.135. The van der Waals surface area contributed by atoms with Gasteiger partial charge in [-0.15, -0.1) is 0 Å². The summed E-state index contributed by atoms with van der Waals surface area (Å²) >= 11 is 0. The van der Waals surface area contributed by atoms with E-state index in [1.165, 1.54) is 0 Å². The Labute approximate surface area is 85.2 Å². The highest BCUT2D eigenvalue weighted by Gasteiger charge is 2.32. The number of hydrogen-bond donors (Lipinski definition) is 1. The summed E-state index contributed by atoms with van der Waals surface area (Å²) in [4.78, 5) is 14.0. The minimum Gasteiger partial charge on any atom is -0.338 e. The first-order valence-corrected chi connectivity index (χ1v) is 5.43. The average molecular weight is 194 g/mol. The topological polar surface area (TPSA) is 32.3 Å². The molecule has 0 aromatic rings. The summed E-state index contributed by atoms with van der Waals surface area (Å²) in [5.74, 6) is 1.04. The molecule has 0 spiro atoms. The number of rotatable bonds is 1. The Kier molecular flexibility index (Phi) is 2.87. The van der Waals surface area contributed by atoms with Gasteiger partial charge in [0.25, 0.3) is 0 Å². The third kappa shape index (κ3) is 1.82. The molecule has 3 heteroatoms. The van der Waals surface area contributed by atoms with Crippen LogP contribution in [0.5, 0.6) is 0 Å². The number of nitrogens with one attached hydrogen (secondary N) is 1. The second-order valence-electron chi connectivity index (χ2n) is 4.29. The van der Waals surface area contributed by atoms with Gasteiger partial charge in [0.05, 0.1) is 5.92 Å². The highest BCUT2D eigenvalue weighted by Crippen LogP contribution is 2.19. The minimum absolute atomic E-state index is 0.210. The summed E-state index contributed by atoms with van der Waals surface area (Å²) in [6.07, 6.45) is 5.26. The van der Waals surface area contributed by atoms with Gasteiger partial charge < -0.3 is 10.2 Å². The Morgan fingerprint density at radius 1 is 1.43 bits per heavy atom. The maximum Gasteiger partial charge on any atom is 0.227 e. The minimum atomic E-state index is 0.210. The van der Waals surface area contributed by atoms with Crippen LogP contribution in [-0.4, -0.2) is 37.0 Å². The van der Waals surface area contributed by atoms with Gasteiger partial charge >= 0.3 is 0 Å². The normalized spacial score (nSPS) is 32.2. The van der Waals surface area contributed by atoms with Crippen LogP contribution in [0.1, 0.15) is 13.3 Å². The van der Waals surface area contributed by atoms with Gasteiger partial charge in [-0.05, 0) is 18.9 Å². The molecular weight excluding hydrogens is 176 g/mol. The summed E-state index contributed by atoms with van der Waals surface area (Å²) in [5.41, 5.74) is 0. The van der Waals surface area contributed by atoms with E-state index in [4.69, 9.17) is 0 Å². The molecule has 1 fully saturated rings. The van der Waals surface area contributed by atoms with Crippen LogP contribution in [0.25, 0.3) is 0 Å². The van der Waals surface area contributed by atoms with Crippen LogP contribution in [0.2, 0.25) is 0 Å². The first-order chi connectivity index (χ1) is 6.79. The van der Waals surface area contributed by atoms with Crippen LogP contribution in [0.4, 0.5) is 0 Å². The molecule has 2 aliphatic rings. The maximum atomic E-state index is 12.1. The zero-order valence-electron chi connectivity index (χ0n) is 8.70. The van der Waals surface area contributed by atoms with Crippen molar-refractivity contribution < 1.29 is 4.79 Å². The molecule has 2 aliphatic heterocycles. The van der Waals surface area contributed by atoms with Crippen molar-refractivity contribution in [2.75, 3.05) is 26.2 Å². The fraction of sp³-hybridized carbons (Fsp3) is 0.727. The van der Waals surface area contributed by atoms with Crippen molar-refractivity contribution in [1.29, 1.82) is 0 Å². The molecule has 1 saturated heterocycles. The third-order valence-electron chi connectivity index (χ3n) is 3.20. The lowest BCUT2D eigenvalue weighted by Gasteiger charge is -2.27. The Morgan fingerprint density at radius 2 is 2.29 bits per heavy atom. The fourth-order valence-corrected chi connectivity index (χ4v) is 2.22. The number of amides is 1. The highest BCUT2D eigenvalue weighted by molar-refractivity contribution is 5.80. The van der Waals surface area contributed by atoms with Crippen molar-refractivity contribution in [2.24, 2.45) is 11.8 Å². The number of carbonyl (C=O) groups excluding carboxylic acids is 1. The predicted molar refractivity (Wildman–Crippen MR) is 55.9 cm³/mol. The number of nitrogens with zero attached hydrogens (tertiary/aromatic N) is 1. The van der Waals surface area contributed by atoms with Gasteiger partial charge in [-0.25, -0.2) is 0 Å². The molecule has 78 valence electrons. The van der Waals surface area contributed by atoms with Gasteiger partial charge in [0.2, 0.25) is 5.91 Å². The highest BCUT2D eigenvalue weighted by atomic mass is 16.2. The molecule has 0 bridgehead atoms. The maximum absolute atomic E-state index is 12.1. The van der Waals surface area contributed by atoms with Crippen molar-refractivity contribution in [3.63, 3.8) is 0 Å². The van der Waals surface area contributed by atoms with Crippen LogP contribution in [0.15, 0.2) is 12.2 Å². The molecule has 0 saturated carbocycles. The van der Waals surface area contributed by atoms with E-state index in [1.807, 2.05) is 4.90 Å². The van der Waals surface area contributed by atoms with Crippen molar-refractivity contribution >= 4 is 5.91 Å². The van der Waals surface area contributed by atoms with Crippen LogP contribution in [-0.2, 0) is 4.79 Å². The number of carbonyl (C=O) groups is 1. The summed E-state index contributed by atoms with van der Waals surface area (Å²) in [7, 11) is 0. The molecule has 1 N–H and O–H groups in total. The Bertz CT molecular complexity index is 250. The third-order valence-corrected chi connectivity index (χ3v) is 3.20. The molecular formula is C11H18N2O. The van der Waals surface area contributed by atoms with Crippen molar-refractivity contribution in [2.45, 2.75) is 13.3 Å². The van der Waals surface area contributed by atoms with E-state index in [1.54, 1.807) is 0 Å². The SMILES string of the molecule is C[C@@H]1CNC[C@H]1C(=O)N1CC=CCC1. The van der Waals surface area contributed by atoms with Crippen molar-refractivity contribution in [1.82, 2.24) is 10.2 Å². The first-order valence-electron chi connectivity index (χ1n) is 5.43. The van der Waals surface area contributed by atoms with Gasteiger partial charge in [0.1, 0.15) is 0 Å². The second-order valence-corrected chi connectivity index (χ2v) is 4.29. The van der Waals surface area contributed by atoms with E-state index in [-0.39, 0.29) is 5.92 Å². The van der Waals surface area contributed by atoms with E-state index >= 15 is 0 Å². The van der Waals surface area contributed by atoms with Gasteiger partial charge in [-0.3, -0.25) is 4.79 Å². The van der Waals surface area contributed by atoms with Crippen LogP contribution < -0.4 is 5.32 Å². The van der Waals surface area contributed by atoms with Gasteiger partial charge in [-0.2, -0.15) is 0 Å². The molecule has 0 radical (unpaired) electrons. The molecule has 2 rings (SSSR count). The Morgan fingerprint density at radius 3 is 2.86 bits per heavy atom. The summed E-state index contributed by atoms with van der Waals surface area (Å²) in [5, 5.41) is 3.28. The van der Waals surface area contributed by atoms with E-state index < -0.39 is 0 Å². The van der Waals surface area contributed by atoms with Crippen LogP contribution in [0.3, 0.4) is 0 Å². The van der Waals surface area contributed by atoms with E-state index in [0.29, 0.717) is 11.8 Å². The summed E-state index contributed by atoms with van der Waals surface area (Å²) in [6, 6.07) is 0. The largest absolute Gasteiger partial charge is 0.338 e. The molecule has 14 heavy (non-hydrogen) atoms. The zero-order valence-corrected chi connectivity index (χ0v) is 8.70. The smallest absolute Gasteiger partial charge is 0.227 e. The fourth-order valence-electron chi connectivity index (χ4n) is 2.22. The predicted octanol–water partition coefficient (Wildman–Crippen LogP) is 0.630. The lowest BCUT2D eigenvalue weighted by Crippen LogP contribution is -2.40. The standard InChI is InChI=1S/C11H18N2O/c1-9-7-12-8-10(9)11(14)13-5-3-2-4-6-13/h2-3,9-10,12H,4-8H2,1H3/t9-,10-/m1/s1. The monoisotopic (exact) mass is 194 g/mol. The molecule has 0 unspecified atom stereocenters. The van der Waals surface area contributed by atoms with Gasteiger partial charge in [-0.1, -0.05) is 19.1 Å². The van der Waals surface area contributed by atoms with Crippen LogP contribution >= 0.6 is 0 Å². The zero-order chi connectivity index (χ0) is 9.97. The molecule has 1 amide bonds. The molecule has 2 heterocycles. The Hall–Kier alpha value is -0.830. The summed E-state index contributed by atoms with van der Waals surface area (Å²) in [6.45, 7) is 5.71. The van der Waals surface area contributed by atoms with Crippen molar-refractivity contribution in [3.05, 3.63) is 12.2 Å². The lowest BCUT2D eigenvalue weighted by atomic mass is 9.96. The van der Waals surface area contributed by atoms with E-state index in [0.717, 1.165) is 32.6 Å². The quantitative estimate of drug-likeness (QED) is 0.621. The van der Waals surface area contributed by atoms with Gasteiger partial charge in [0, 0.05) is 19.6 Å². The molecule has 2 atom stereocenters. The molecule has 3 nitrogen and oxygen atoms in total. The van der Waals surface area contributed by atoms with Crippen molar-refractivity contribution in [3.8, 4) is 0 Å². The second kappa shape index (κ2) is 4.13.